The molecule has 174 valence electrons. The van der Waals surface area contributed by atoms with E-state index in [1.54, 1.807) is 13.0 Å². The molecule has 0 saturated carbocycles. The number of carbonyl (C=O) groups is 1. The normalized spacial score (nSPS) is 11.8. The summed E-state index contributed by atoms with van der Waals surface area (Å²) >= 11 is 0. The van der Waals surface area contributed by atoms with Crippen LogP contribution in [0.5, 0.6) is 5.75 Å². The number of oxime groups is 2. The summed E-state index contributed by atoms with van der Waals surface area (Å²) in [6.07, 6.45) is -4.75. The first-order chi connectivity index (χ1) is 15.1. The molecule has 0 atom stereocenters. The van der Waals surface area contributed by atoms with E-state index >= 15 is 0 Å². The maximum Gasteiger partial charge on any atom is 0.573 e. The molecule has 10 heteroatoms. The van der Waals surface area contributed by atoms with Gasteiger partial charge in [-0.25, -0.2) is 0 Å². The summed E-state index contributed by atoms with van der Waals surface area (Å²) in [4.78, 5) is 19.2. The number of benzene rings is 2. The number of hydrogen-bond donors (Lipinski definition) is 0. The summed E-state index contributed by atoms with van der Waals surface area (Å²) in [6.45, 7) is 5.96. The van der Waals surface area contributed by atoms with Crippen molar-refractivity contribution < 1.29 is 37.1 Å². The molecule has 0 aliphatic carbocycles. The van der Waals surface area contributed by atoms with Crippen molar-refractivity contribution in [1.82, 2.24) is 0 Å². The number of carbonyl (C=O) groups excluding carboxylic acids is 1. The highest BCUT2D eigenvalue weighted by atomic mass is 19.4. The molecule has 0 aliphatic heterocycles. The van der Waals surface area contributed by atoms with Crippen LogP contribution in [0.1, 0.15) is 36.1 Å². The fourth-order valence-electron chi connectivity index (χ4n) is 2.58. The van der Waals surface area contributed by atoms with Gasteiger partial charge in [0.25, 0.3) is 6.47 Å². The summed E-state index contributed by atoms with van der Waals surface area (Å²) in [5, 5.41) is 7.97. The average molecular weight is 454 g/mol. The van der Waals surface area contributed by atoms with Crippen LogP contribution < -0.4 is 4.74 Å². The van der Waals surface area contributed by atoms with E-state index in [0.29, 0.717) is 23.5 Å². The molecule has 0 saturated heterocycles. The van der Waals surface area contributed by atoms with E-state index in [0.717, 1.165) is 16.7 Å². The maximum atomic E-state index is 12.4. The van der Waals surface area contributed by atoms with Gasteiger partial charge in [0.1, 0.15) is 19.5 Å². The topological polar surface area (TPSA) is 78.7 Å². The van der Waals surface area contributed by atoms with Crippen LogP contribution in [0.2, 0.25) is 0 Å². The van der Waals surface area contributed by atoms with Gasteiger partial charge < -0.3 is 19.1 Å². The Morgan fingerprint density at radius 1 is 1.03 bits per heavy atom. The lowest BCUT2D eigenvalue weighted by molar-refractivity contribution is -0.274. The highest BCUT2D eigenvalue weighted by molar-refractivity contribution is 6.00. The Kier molecular flexibility index (Phi) is 10.7. The Labute approximate surface area is 184 Å². The molecule has 0 aliphatic rings. The van der Waals surface area contributed by atoms with Crippen molar-refractivity contribution in [2.24, 2.45) is 10.3 Å². The molecule has 0 spiro atoms. The lowest BCUT2D eigenvalue weighted by Crippen LogP contribution is -2.17. The first-order valence-electron chi connectivity index (χ1n) is 9.28. The van der Waals surface area contributed by atoms with Crippen molar-refractivity contribution in [1.29, 1.82) is 0 Å². The lowest BCUT2D eigenvalue weighted by atomic mass is 10.00. The molecule has 0 aromatic heterocycles. The SMILES string of the molecule is CO/N=C(/C)c1cccc(C)c1CO/N=C(\C)c1cccc(OC(F)(F)F)c1.COC=O. The number of nitrogens with zero attached hydrogens (tertiary/aromatic N) is 2. The average Bonchev–Trinajstić information content (AvgIpc) is 2.74. The van der Waals surface area contributed by atoms with Gasteiger partial charge in [0.2, 0.25) is 0 Å². The molecular formula is C22H25F3N2O5. The Bertz CT molecular complexity index is 943. The molecule has 0 heterocycles. The minimum Gasteiger partial charge on any atom is -0.471 e. The first-order valence-corrected chi connectivity index (χ1v) is 9.28. The molecule has 2 rings (SSSR count). The van der Waals surface area contributed by atoms with Gasteiger partial charge in [-0.05, 0) is 38.5 Å². The monoisotopic (exact) mass is 454 g/mol. The van der Waals surface area contributed by atoms with Gasteiger partial charge in [-0.2, -0.15) is 0 Å². The maximum absolute atomic E-state index is 12.4. The molecule has 32 heavy (non-hydrogen) atoms. The van der Waals surface area contributed by atoms with Gasteiger partial charge in [0.05, 0.1) is 18.5 Å². The number of methoxy groups -OCH3 is 1. The third-order valence-electron chi connectivity index (χ3n) is 4.02. The van der Waals surface area contributed by atoms with Crippen LogP contribution in [0.15, 0.2) is 52.8 Å². The van der Waals surface area contributed by atoms with Gasteiger partial charge in [-0.3, -0.25) is 4.79 Å². The zero-order valence-corrected chi connectivity index (χ0v) is 18.4. The van der Waals surface area contributed by atoms with Crippen LogP contribution >= 0.6 is 0 Å². The molecule has 0 amide bonds. The molecule has 2 aromatic rings. The van der Waals surface area contributed by atoms with Gasteiger partial charge in [-0.1, -0.05) is 40.6 Å². The van der Waals surface area contributed by atoms with Crippen molar-refractivity contribution in [2.45, 2.75) is 33.7 Å². The lowest BCUT2D eigenvalue weighted by Gasteiger charge is -2.12. The zero-order valence-electron chi connectivity index (χ0n) is 18.4. The first kappa shape index (κ1) is 26.5. The van der Waals surface area contributed by atoms with E-state index in [2.05, 4.69) is 19.8 Å². The van der Waals surface area contributed by atoms with Crippen LogP contribution in [0.4, 0.5) is 13.2 Å². The predicted octanol–water partition coefficient (Wildman–Crippen LogP) is 4.99. The van der Waals surface area contributed by atoms with Crippen LogP contribution in [-0.4, -0.2) is 38.5 Å². The number of halogens is 3. The van der Waals surface area contributed by atoms with E-state index in [9.17, 15) is 13.2 Å². The Hall–Kier alpha value is -3.56. The molecule has 0 radical (unpaired) electrons. The number of hydrogen-bond acceptors (Lipinski definition) is 7. The second-order valence-corrected chi connectivity index (χ2v) is 6.32. The largest absolute Gasteiger partial charge is 0.573 e. The van der Waals surface area contributed by atoms with Crippen molar-refractivity contribution >= 4 is 17.9 Å². The van der Waals surface area contributed by atoms with Crippen molar-refractivity contribution in [3.05, 3.63) is 64.7 Å². The third kappa shape index (κ3) is 9.07. The van der Waals surface area contributed by atoms with E-state index in [1.807, 2.05) is 32.0 Å². The summed E-state index contributed by atoms with van der Waals surface area (Å²) < 4.78 is 44.9. The fraction of sp³-hybridized carbons (Fsp3) is 0.318. The minimum absolute atomic E-state index is 0.175. The second-order valence-electron chi connectivity index (χ2n) is 6.32. The summed E-state index contributed by atoms with van der Waals surface area (Å²) in [5.41, 5.74) is 4.34. The van der Waals surface area contributed by atoms with E-state index in [4.69, 9.17) is 14.5 Å². The molecule has 0 fully saturated rings. The minimum atomic E-state index is -4.75. The van der Waals surface area contributed by atoms with Crippen molar-refractivity contribution in [2.75, 3.05) is 14.2 Å². The highest BCUT2D eigenvalue weighted by Gasteiger charge is 2.31. The molecule has 2 aromatic carbocycles. The van der Waals surface area contributed by atoms with E-state index < -0.39 is 6.36 Å². The summed E-state index contributed by atoms with van der Waals surface area (Å²) in [5.74, 6) is -0.313. The predicted molar refractivity (Wildman–Crippen MR) is 114 cm³/mol. The van der Waals surface area contributed by atoms with Crippen molar-refractivity contribution in [3.8, 4) is 5.75 Å². The van der Waals surface area contributed by atoms with Crippen molar-refractivity contribution in [3.63, 3.8) is 0 Å². The Morgan fingerprint density at radius 2 is 1.69 bits per heavy atom. The molecule has 0 unspecified atom stereocenters. The molecule has 0 N–H and O–H groups in total. The van der Waals surface area contributed by atoms with Gasteiger partial charge in [-0.15, -0.1) is 13.2 Å². The van der Waals surface area contributed by atoms with Gasteiger partial charge >= 0.3 is 6.36 Å². The Morgan fingerprint density at radius 3 is 2.28 bits per heavy atom. The zero-order chi connectivity index (χ0) is 24.1. The number of alkyl halides is 3. The standard InChI is InChI=1S/C20H21F3N2O3.C2H4O2/c1-13-7-5-10-18(15(3)24-26-4)19(13)12-27-25-14(2)16-8-6-9-17(11-16)28-20(21,22)23;1-4-2-3/h5-11H,12H2,1-4H3;2H,1H3/b24-15-,25-14+;. The number of aryl methyl sites for hydroxylation is 1. The van der Waals surface area contributed by atoms with Gasteiger partial charge in [0, 0.05) is 16.7 Å². The second kappa shape index (κ2) is 13.0. The van der Waals surface area contributed by atoms with Crippen LogP contribution in [0.25, 0.3) is 0 Å². The molecule has 0 bridgehead atoms. The van der Waals surface area contributed by atoms with Crippen LogP contribution in [0, 0.1) is 6.92 Å². The molecule has 7 nitrogen and oxygen atoms in total. The fourth-order valence-corrected chi connectivity index (χ4v) is 2.58. The number of rotatable bonds is 8. The Balaban J connectivity index is 0.00000118. The summed E-state index contributed by atoms with van der Waals surface area (Å²) in [6, 6.07) is 11.3. The third-order valence-corrected chi connectivity index (χ3v) is 4.02. The number of ether oxygens (including phenoxy) is 2. The van der Waals surface area contributed by atoms with Crippen LogP contribution in [-0.2, 0) is 25.8 Å². The highest BCUT2D eigenvalue weighted by Crippen LogP contribution is 2.24. The van der Waals surface area contributed by atoms with E-state index in [-0.39, 0.29) is 12.4 Å². The van der Waals surface area contributed by atoms with E-state index in [1.165, 1.54) is 32.4 Å². The molecular weight excluding hydrogens is 429 g/mol. The summed E-state index contributed by atoms with van der Waals surface area (Å²) in [7, 11) is 2.78. The van der Waals surface area contributed by atoms with Gasteiger partial charge in [0.15, 0.2) is 0 Å². The smallest absolute Gasteiger partial charge is 0.471 e. The quantitative estimate of drug-likeness (QED) is 0.319. The van der Waals surface area contributed by atoms with Crippen LogP contribution in [0.3, 0.4) is 0 Å².